The maximum absolute atomic E-state index is 12.8. The monoisotopic (exact) mass is 405 g/mol. The number of pyridine rings is 1. The van der Waals surface area contributed by atoms with Gasteiger partial charge in [0.05, 0.1) is 12.0 Å². The molecule has 1 aliphatic rings. The summed E-state index contributed by atoms with van der Waals surface area (Å²) in [5, 5.41) is 13.4. The van der Waals surface area contributed by atoms with Gasteiger partial charge in [-0.15, -0.1) is 0 Å². The lowest BCUT2D eigenvalue weighted by atomic mass is 10.1. The number of rotatable bonds is 6. The SMILES string of the molecule is CC(C)CNC(=O)[C@@H]1CCCN1c1cc(-c2ccco2)cc(-c2ccccc2O)n1. The maximum Gasteiger partial charge on any atom is 0.242 e. The molecule has 0 saturated carbocycles. The number of para-hydroxylation sites is 1. The maximum atomic E-state index is 12.8. The van der Waals surface area contributed by atoms with E-state index in [0.717, 1.165) is 30.7 Å². The van der Waals surface area contributed by atoms with Gasteiger partial charge in [-0.25, -0.2) is 4.98 Å². The molecule has 1 amide bonds. The number of carbonyl (C=O) groups is 1. The van der Waals surface area contributed by atoms with Gasteiger partial charge < -0.3 is 19.7 Å². The van der Waals surface area contributed by atoms with Crippen molar-refractivity contribution in [2.75, 3.05) is 18.0 Å². The molecule has 30 heavy (non-hydrogen) atoms. The van der Waals surface area contributed by atoms with E-state index in [1.54, 1.807) is 18.4 Å². The molecule has 1 aromatic carbocycles. The summed E-state index contributed by atoms with van der Waals surface area (Å²) in [6.07, 6.45) is 3.36. The topological polar surface area (TPSA) is 78.6 Å². The van der Waals surface area contributed by atoms with Crippen LogP contribution in [0.3, 0.4) is 0 Å². The summed E-state index contributed by atoms with van der Waals surface area (Å²) in [6, 6.07) is 14.5. The molecule has 0 spiro atoms. The lowest BCUT2D eigenvalue weighted by Crippen LogP contribution is -2.44. The van der Waals surface area contributed by atoms with Crippen LogP contribution < -0.4 is 10.2 Å². The first-order chi connectivity index (χ1) is 14.5. The van der Waals surface area contributed by atoms with Gasteiger partial charge in [0.1, 0.15) is 23.4 Å². The van der Waals surface area contributed by atoms with Gasteiger partial charge in [0.15, 0.2) is 0 Å². The van der Waals surface area contributed by atoms with Crippen LogP contribution in [-0.2, 0) is 4.79 Å². The van der Waals surface area contributed by atoms with Gasteiger partial charge in [0.2, 0.25) is 5.91 Å². The summed E-state index contributed by atoms with van der Waals surface area (Å²) in [6.45, 7) is 5.58. The van der Waals surface area contributed by atoms with Crippen molar-refractivity contribution in [1.29, 1.82) is 0 Å². The molecule has 6 nitrogen and oxygen atoms in total. The van der Waals surface area contributed by atoms with E-state index in [4.69, 9.17) is 9.40 Å². The van der Waals surface area contributed by atoms with Crippen LogP contribution in [0.2, 0.25) is 0 Å². The number of furan rings is 1. The molecular formula is C24H27N3O3. The molecule has 3 heterocycles. The molecule has 0 radical (unpaired) electrons. The van der Waals surface area contributed by atoms with Crippen LogP contribution >= 0.6 is 0 Å². The highest BCUT2D eigenvalue weighted by atomic mass is 16.3. The molecule has 156 valence electrons. The molecule has 0 bridgehead atoms. The predicted molar refractivity (Wildman–Crippen MR) is 117 cm³/mol. The number of nitrogens with zero attached hydrogens (tertiary/aromatic N) is 2. The number of hydrogen-bond acceptors (Lipinski definition) is 5. The zero-order chi connectivity index (χ0) is 21.1. The largest absolute Gasteiger partial charge is 0.507 e. The summed E-state index contributed by atoms with van der Waals surface area (Å²) in [4.78, 5) is 19.7. The third-order valence-electron chi connectivity index (χ3n) is 5.33. The van der Waals surface area contributed by atoms with E-state index in [9.17, 15) is 9.90 Å². The van der Waals surface area contributed by atoms with E-state index in [0.29, 0.717) is 29.5 Å². The van der Waals surface area contributed by atoms with E-state index in [-0.39, 0.29) is 17.7 Å². The lowest BCUT2D eigenvalue weighted by molar-refractivity contribution is -0.122. The lowest BCUT2D eigenvalue weighted by Gasteiger charge is -2.26. The van der Waals surface area contributed by atoms with Gasteiger partial charge in [0, 0.05) is 24.2 Å². The second kappa shape index (κ2) is 8.61. The standard InChI is InChI=1S/C24H27N3O3/c1-16(2)15-25-24(29)20-8-5-11-27(20)23-14-17(22-10-6-12-30-22)13-19(26-23)18-7-3-4-9-21(18)28/h3-4,6-7,9-10,12-14,16,20,28H,5,8,11,15H2,1-2H3,(H,25,29)/t20-/m0/s1. The third kappa shape index (κ3) is 4.17. The highest BCUT2D eigenvalue weighted by molar-refractivity contribution is 5.86. The molecule has 1 atom stereocenters. The summed E-state index contributed by atoms with van der Waals surface area (Å²) < 4.78 is 5.61. The van der Waals surface area contributed by atoms with Crippen LogP contribution in [0.1, 0.15) is 26.7 Å². The fourth-order valence-corrected chi connectivity index (χ4v) is 3.81. The van der Waals surface area contributed by atoms with Crippen molar-refractivity contribution >= 4 is 11.7 Å². The fraction of sp³-hybridized carbons (Fsp3) is 0.333. The minimum Gasteiger partial charge on any atom is -0.507 e. The van der Waals surface area contributed by atoms with Gasteiger partial charge in [-0.05, 0) is 55.2 Å². The Morgan fingerprint density at radius 1 is 1.27 bits per heavy atom. The Morgan fingerprint density at radius 3 is 2.83 bits per heavy atom. The smallest absolute Gasteiger partial charge is 0.242 e. The average molecular weight is 405 g/mol. The molecule has 1 fully saturated rings. The first-order valence-corrected chi connectivity index (χ1v) is 10.4. The Labute approximate surface area is 176 Å². The second-order valence-corrected chi connectivity index (χ2v) is 8.08. The zero-order valence-electron chi connectivity index (χ0n) is 17.3. The van der Waals surface area contributed by atoms with Crippen molar-refractivity contribution in [2.24, 2.45) is 5.92 Å². The van der Waals surface area contributed by atoms with Gasteiger partial charge in [0.25, 0.3) is 0 Å². The first-order valence-electron chi connectivity index (χ1n) is 10.4. The summed E-state index contributed by atoms with van der Waals surface area (Å²) in [7, 11) is 0. The number of aromatic nitrogens is 1. The minimum atomic E-state index is -0.250. The number of amides is 1. The predicted octanol–water partition coefficient (Wildman–Crippen LogP) is 4.46. The Morgan fingerprint density at radius 2 is 2.10 bits per heavy atom. The molecule has 0 aliphatic carbocycles. The van der Waals surface area contributed by atoms with Gasteiger partial charge >= 0.3 is 0 Å². The van der Waals surface area contributed by atoms with Crippen LogP contribution in [0.5, 0.6) is 5.75 Å². The van der Waals surface area contributed by atoms with E-state index in [2.05, 4.69) is 24.1 Å². The van der Waals surface area contributed by atoms with Gasteiger partial charge in [-0.1, -0.05) is 26.0 Å². The molecule has 2 N–H and O–H groups in total. The number of nitrogens with one attached hydrogen (secondary N) is 1. The second-order valence-electron chi connectivity index (χ2n) is 8.08. The number of phenolic OH excluding ortho intramolecular Hbond substituents is 1. The van der Waals surface area contributed by atoms with Gasteiger partial charge in [-0.2, -0.15) is 0 Å². The van der Waals surface area contributed by atoms with Crippen LogP contribution in [0.4, 0.5) is 5.82 Å². The zero-order valence-corrected chi connectivity index (χ0v) is 17.3. The quantitative estimate of drug-likeness (QED) is 0.633. The molecular weight excluding hydrogens is 378 g/mol. The van der Waals surface area contributed by atoms with Crippen molar-refractivity contribution in [3.8, 4) is 28.3 Å². The normalized spacial score (nSPS) is 16.2. The number of hydrogen-bond donors (Lipinski definition) is 2. The van der Waals surface area contributed by atoms with Crippen LogP contribution in [0, 0.1) is 5.92 Å². The van der Waals surface area contributed by atoms with Crippen LogP contribution in [0.25, 0.3) is 22.6 Å². The Kier molecular flexibility index (Phi) is 5.74. The van der Waals surface area contributed by atoms with E-state index < -0.39 is 0 Å². The van der Waals surface area contributed by atoms with Crippen molar-refractivity contribution in [3.63, 3.8) is 0 Å². The number of anilines is 1. The number of carbonyl (C=O) groups excluding carboxylic acids is 1. The highest BCUT2D eigenvalue weighted by Crippen LogP contribution is 2.35. The summed E-state index contributed by atoms with van der Waals surface area (Å²) >= 11 is 0. The average Bonchev–Trinajstić information content (AvgIpc) is 3.44. The number of aromatic hydroxyl groups is 1. The fourth-order valence-electron chi connectivity index (χ4n) is 3.81. The summed E-state index contributed by atoms with van der Waals surface area (Å²) in [5.41, 5.74) is 2.15. The highest BCUT2D eigenvalue weighted by Gasteiger charge is 2.32. The van der Waals surface area contributed by atoms with E-state index in [1.165, 1.54) is 0 Å². The number of benzene rings is 1. The van der Waals surface area contributed by atoms with Crippen molar-refractivity contribution in [2.45, 2.75) is 32.7 Å². The molecule has 0 unspecified atom stereocenters. The Bertz CT molecular complexity index is 1010. The van der Waals surface area contributed by atoms with Crippen LogP contribution in [0.15, 0.2) is 59.2 Å². The van der Waals surface area contributed by atoms with E-state index in [1.807, 2.05) is 36.4 Å². The molecule has 1 saturated heterocycles. The minimum absolute atomic E-state index is 0.0375. The molecule has 2 aromatic heterocycles. The molecule has 3 aromatic rings. The molecule has 4 rings (SSSR count). The first kappa shape index (κ1) is 20.0. The number of phenols is 1. The van der Waals surface area contributed by atoms with Crippen molar-refractivity contribution in [1.82, 2.24) is 10.3 Å². The van der Waals surface area contributed by atoms with Crippen molar-refractivity contribution in [3.05, 3.63) is 54.8 Å². The summed E-state index contributed by atoms with van der Waals surface area (Å²) in [5.74, 6) is 2.03. The molecule has 1 aliphatic heterocycles. The van der Waals surface area contributed by atoms with Gasteiger partial charge in [-0.3, -0.25) is 4.79 Å². The Hall–Kier alpha value is -3.28. The Balaban J connectivity index is 1.73. The van der Waals surface area contributed by atoms with E-state index >= 15 is 0 Å². The van der Waals surface area contributed by atoms with Crippen LogP contribution in [-0.4, -0.2) is 35.1 Å². The third-order valence-corrected chi connectivity index (χ3v) is 5.33. The molecule has 6 heteroatoms. The van der Waals surface area contributed by atoms with Crippen molar-refractivity contribution < 1.29 is 14.3 Å².